The molecule has 0 amide bonds. The summed E-state index contributed by atoms with van der Waals surface area (Å²) in [5, 5.41) is 0. The van der Waals surface area contributed by atoms with E-state index in [0.717, 1.165) is 57.0 Å². The third-order valence-corrected chi connectivity index (χ3v) is 5.66. The zero-order chi connectivity index (χ0) is 19.9. The van der Waals surface area contributed by atoms with Gasteiger partial charge in [-0.2, -0.15) is 0 Å². The van der Waals surface area contributed by atoms with Gasteiger partial charge in [0.2, 0.25) is 0 Å². The molecule has 1 aliphatic rings. The summed E-state index contributed by atoms with van der Waals surface area (Å²) >= 11 is 0. The Labute approximate surface area is 186 Å². The van der Waals surface area contributed by atoms with Crippen LogP contribution in [0.3, 0.4) is 0 Å². The van der Waals surface area contributed by atoms with E-state index in [1.54, 1.807) is 7.11 Å². The molecule has 0 spiro atoms. The molecule has 1 heterocycles. The molecule has 4 rings (SSSR count). The molecule has 0 unspecified atom stereocenters. The minimum absolute atomic E-state index is 0. The third-order valence-electron chi connectivity index (χ3n) is 5.66. The van der Waals surface area contributed by atoms with E-state index in [1.807, 2.05) is 12.1 Å². The average Bonchev–Trinajstić information content (AvgIpc) is 2.78. The molecule has 4 heteroatoms. The molecule has 0 aliphatic carbocycles. The van der Waals surface area contributed by atoms with E-state index in [1.165, 1.54) is 22.3 Å². The third kappa shape index (κ3) is 5.78. The number of methoxy groups -OCH3 is 1. The molecule has 0 bridgehead atoms. The highest BCUT2D eigenvalue weighted by Gasteiger charge is 2.15. The molecule has 3 aromatic carbocycles. The standard InChI is InChI=1S/C26H29NO2.ClH/c1-28-25-11-6-7-21(19-25)13-14-23-9-4-5-12-26(23)29-18-17-27-16-15-22-8-2-3-10-24(22)20-27;/h2-12,19H,13-18,20H2,1H3;1H. The second kappa shape index (κ2) is 11.1. The summed E-state index contributed by atoms with van der Waals surface area (Å²) in [4.78, 5) is 2.49. The first-order chi connectivity index (χ1) is 14.3. The van der Waals surface area contributed by atoms with Gasteiger partial charge in [-0.25, -0.2) is 0 Å². The molecule has 0 atom stereocenters. The van der Waals surface area contributed by atoms with E-state index in [2.05, 4.69) is 65.6 Å². The van der Waals surface area contributed by atoms with Crippen LogP contribution < -0.4 is 9.47 Å². The summed E-state index contributed by atoms with van der Waals surface area (Å²) in [6.45, 7) is 3.81. The molecule has 3 nitrogen and oxygen atoms in total. The monoisotopic (exact) mass is 423 g/mol. The van der Waals surface area contributed by atoms with Gasteiger partial charge >= 0.3 is 0 Å². The summed E-state index contributed by atoms with van der Waals surface area (Å²) in [5.41, 5.74) is 5.50. The van der Waals surface area contributed by atoms with Gasteiger partial charge in [-0.3, -0.25) is 4.90 Å². The molecule has 0 saturated carbocycles. The van der Waals surface area contributed by atoms with Gasteiger partial charge in [-0.05, 0) is 59.7 Å². The van der Waals surface area contributed by atoms with Crippen LogP contribution in [0, 0.1) is 0 Å². The smallest absolute Gasteiger partial charge is 0.122 e. The highest BCUT2D eigenvalue weighted by Crippen LogP contribution is 2.22. The van der Waals surface area contributed by atoms with Gasteiger partial charge in [0.05, 0.1) is 7.11 Å². The zero-order valence-electron chi connectivity index (χ0n) is 17.5. The molecule has 0 fully saturated rings. The maximum atomic E-state index is 6.19. The number of rotatable bonds is 8. The maximum absolute atomic E-state index is 6.19. The van der Waals surface area contributed by atoms with Crippen molar-refractivity contribution in [2.45, 2.75) is 25.8 Å². The number of hydrogen-bond acceptors (Lipinski definition) is 3. The minimum atomic E-state index is 0. The molecule has 30 heavy (non-hydrogen) atoms. The van der Waals surface area contributed by atoms with Crippen molar-refractivity contribution < 1.29 is 9.47 Å². The number of halogens is 1. The number of hydrogen-bond donors (Lipinski definition) is 0. The first kappa shape index (κ1) is 22.2. The molecular weight excluding hydrogens is 394 g/mol. The van der Waals surface area contributed by atoms with Crippen LogP contribution >= 0.6 is 12.4 Å². The van der Waals surface area contributed by atoms with E-state index in [9.17, 15) is 0 Å². The molecule has 158 valence electrons. The van der Waals surface area contributed by atoms with Crippen LogP contribution in [-0.4, -0.2) is 31.7 Å². The van der Waals surface area contributed by atoms with Crippen molar-refractivity contribution in [3.63, 3.8) is 0 Å². The van der Waals surface area contributed by atoms with Crippen LogP contribution in [0.1, 0.15) is 22.3 Å². The normalized spacial score (nSPS) is 13.2. The Bertz CT molecular complexity index is 944. The highest BCUT2D eigenvalue weighted by molar-refractivity contribution is 5.85. The number of fused-ring (bicyclic) bond motifs is 1. The zero-order valence-corrected chi connectivity index (χ0v) is 18.4. The Balaban J connectivity index is 0.00000256. The Hall–Kier alpha value is -2.49. The van der Waals surface area contributed by atoms with Gasteiger partial charge in [0, 0.05) is 19.6 Å². The number of benzene rings is 3. The van der Waals surface area contributed by atoms with Crippen LogP contribution in [0.25, 0.3) is 0 Å². The van der Waals surface area contributed by atoms with Gasteiger partial charge in [0.25, 0.3) is 0 Å². The van der Waals surface area contributed by atoms with Crippen LogP contribution in [0.2, 0.25) is 0 Å². The first-order valence-corrected chi connectivity index (χ1v) is 10.4. The predicted molar refractivity (Wildman–Crippen MR) is 125 cm³/mol. The van der Waals surface area contributed by atoms with Crippen LogP contribution in [0.5, 0.6) is 11.5 Å². The summed E-state index contributed by atoms with van der Waals surface area (Å²) < 4.78 is 11.5. The Morgan fingerprint density at radius 2 is 1.67 bits per heavy atom. The van der Waals surface area contributed by atoms with E-state index < -0.39 is 0 Å². The van der Waals surface area contributed by atoms with Crippen LogP contribution in [0.4, 0.5) is 0 Å². The largest absolute Gasteiger partial charge is 0.497 e. The van der Waals surface area contributed by atoms with Crippen molar-refractivity contribution in [2.75, 3.05) is 26.8 Å². The van der Waals surface area contributed by atoms with Crippen molar-refractivity contribution in [3.8, 4) is 11.5 Å². The molecule has 0 N–H and O–H groups in total. The number of ether oxygens (including phenoxy) is 2. The van der Waals surface area contributed by atoms with Crippen molar-refractivity contribution in [1.82, 2.24) is 4.90 Å². The van der Waals surface area contributed by atoms with E-state index >= 15 is 0 Å². The SMILES string of the molecule is COc1cccc(CCc2ccccc2OCCN2CCc3ccccc3C2)c1.Cl. The summed E-state index contributed by atoms with van der Waals surface area (Å²) in [5.74, 6) is 1.92. The Morgan fingerprint density at radius 3 is 2.53 bits per heavy atom. The lowest BCUT2D eigenvalue weighted by atomic mass is 10.0. The summed E-state index contributed by atoms with van der Waals surface area (Å²) in [7, 11) is 1.71. The second-order valence-electron chi connectivity index (χ2n) is 7.60. The van der Waals surface area contributed by atoms with E-state index in [0.29, 0.717) is 0 Å². The first-order valence-electron chi connectivity index (χ1n) is 10.4. The lowest BCUT2D eigenvalue weighted by molar-refractivity contribution is 0.195. The summed E-state index contributed by atoms with van der Waals surface area (Å²) in [6, 6.07) is 25.5. The molecule has 0 saturated heterocycles. The van der Waals surface area contributed by atoms with Crippen LogP contribution in [0.15, 0.2) is 72.8 Å². The fourth-order valence-electron chi connectivity index (χ4n) is 3.99. The number of nitrogens with zero attached hydrogens (tertiary/aromatic N) is 1. The lowest BCUT2D eigenvalue weighted by Gasteiger charge is -2.28. The van der Waals surface area contributed by atoms with Gasteiger partial charge < -0.3 is 9.47 Å². The number of para-hydroxylation sites is 1. The highest BCUT2D eigenvalue weighted by atomic mass is 35.5. The molecule has 3 aromatic rings. The van der Waals surface area contributed by atoms with Gasteiger partial charge in [0.15, 0.2) is 0 Å². The van der Waals surface area contributed by atoms with E-state index in [-0.39, 0.29) is 12.4 Å². The van der Waals surface area contributed by atoms with Crippen molar-refractivity contribution in [1.29, 1.82) is 0 Å². The number of aryl methyl sites for hydroxylation is 2. The van der Waals surface area contributed by atoms with E-state index in [4.69, 9.17) is 9.47 Å². The quantitative estimate of drug-likeness (QED) is 0.488. The molecule has 0 aromatic heterocycles. The lowest BCUT2D eigenvalue weighted by Crippen LogP contribution is -2.33. The molecule has 1 aliphatic heterocycles. The molecule has 0 radical (unpaired) electrons. The topological polar surface area (TPSA) is 21.7 Å². The fourth-order valence-corrected chi connectivity index (χ4v) is 3.99. The van der Waals surface area contributed by atoms with Crippen molar-refractivity contribution >= 4 is 12.4 Å². The van der Waals surface area contributed by atoms with Gasteiger partial charge in [0.1, 0.15) is 18.1 Å². The fraction of sp³-hybridized carbons (Fsp3) is 0.308. The average molecular weight is 424 g/mol. The van der Waals surface area contributed by atoms with Gasteiger partial charge in [-0.15, -0.1) is 12.4 Å². The maximum Gasteiger partial charge on any atom is 0.122 e. The van der Waals surface area contributed by atoms with Crippen molar-refractivity contribution in [3.05, 3.63) is 95.1 Å². The van der Waals surface area contributed by atoms with Crippen molar-refractivity contribution in [2.24, 2.45) is 0 Å². The summed E-state index contributed by atoms with van der Waals surface area (Å²) in [6.07, 6.45) is 3.06. The minimum Gasteiger partial charge on any atom is -0.497 e. The van der Waals surface area contributed by atoms with Crippen LogP contribution in [-0.2, 0) is 25.8 Å². The second-order valence-corrected chi connectivity index (χ2v) is 7.60. The Morgan fingerprint density at radius 1 is 0.867 bits per heavy atom. The van der Waals surface area contributed by atoms with Gasteiger partial charge in [-0.1, -0.05) is 54.6 Å². The predicted octanol–water partition coefficient (Wildman–Crippen LogP) is 5.34. The Kier molecular flexibility index (Phi) is 8.18. The molecular formula is C26H30ClNO2.